The van der Waals surface area contributed by atoms with Gasteiger partial charge in [-0.3, -0.25) is 4.79 Å². The summed E-state index contributed by atoms with van der Waals surface area (Å²) < 4.78 is 16.7. The van der Waals surface area contributed by atoms with E-state index in [4.69, 9.17) is 14.2 Å². The van der Waals surface area contributed by atoms with Crippen molar-refractivity contribution in [3.05, 3.63) is 23.8 Å². The van der Waals surface area contributed by atoms with Crippen LogP contribution in [0.4, 0.5) is 0 Å². The lowest BCUT2D eigenvalue weighted by Crippen LogP contribution is -2.45. The molecule has 2 N–H and O–H groups in total. The lowest BCUT2D eigenvalue weighted by Gasteiger charge is -2.38. The summed E-state index contributed by atoms with van der Waals surface area (Å²) in [5.74, 6) is 2.05. The summed E-state index contributed by atoms with van der Waals surface area (Å²) >= 11 is 0. The van der Waals surface area contributed by atoms with Gasteiger partial charge in [0.1, 0.15) is 0 Å². The number of hydrogen-bond donors (Lipinski definition) is 2. The quantitative estimate of drug-likeness (QED) is 0.846. The summed E-state index contributed by atoms with van der Waals surface area (Å²) in [4.78, 5) is 12.9. The second-order valence-electron chi connectivity index (χ2n) is 8.55. The number of fused-ring (bicyclic) bond motifs is 1. The monoisotopic (exact) mass is 372 g/mol. The molecule has 2 saturated heterocycles. The molecular formula is C21H28N2O4. The molecule has 3 fully saturated rings. The Balaban J connectivity index is 1.30. The van der Waals surface area contributed by atoms with Crippen molar-refractivity contribution < 1.29 is 19.0 Å². The molecule has 27 heavy (non-hydrogen) atoms. The number of carbonyl (C=O) groups is 1. The lowest BCUT2D eigenvalue weighted by molar-refractivity contribution is -0.123. The van der Waals surface area contributed by atoms with E-state index >= 15 is 0 Å². The molecule has 1 unspecified atom stereocenters. The van der Waals surface area contributed by atoms with Gasteiger partial charge in [-0.05, 0) is 68.3 Å². The first-order valence-electron chi connectivity index (χ1n) is 10.2. The first-order chi connectivity index (χ1) is 13.2. The largest absolute Gasteiger partial charge is 0.454 e. The molecule has 5 rings (SSSR count). The van der Waals surface area contributed by atoms with E-state index in [-0.39, 0.29) is 29.4 Å². The molecule has 1 spiro atoms. The van der Waals surface area contributed by atoms with Gasteiger partial charge in [0, 0.05) is 31.1 Å². The molecule has 3 aliphatic heterocycles. The first kappa shape index (κ1) is 17.3. The molecule has 1 aromatic carbocycles. The highest BCUT2D eigenvalue weighted by Gasteiger charge is 2.57. The van der Waals surface area contributed by atoms with Gasteiger partial charge < -0.3 is 24.8 Å². The maximum Gasteiger partial charge on any atom is 0.231 e. The van der Waals surface area contributed by atoms with Gasteiger partial charge in [0.15, 0.2) is 11.5 Å². The second-order valence-corrected chi connectivity index (χ2v) is 8.55. The van der Waals surface area contributed by atoms with Crippen LogP contribution in [-0.4, -0.2) is 45.5 Å². The summed E-state index contributed by atoms with van der Waals surface area (Å²) in [5, 5.41) is 6.71. The summed E-state index contributed by atoms with van der Waals surface area (Å²) in [6.07, 6.45) is 5.14. The van der Waals surface area contributed by atoms with E-state index in [9.17, 15) is 4.79 Å². The molecule has 1 atom stereocenters. The predicted octanol–water partition coefficient (Wildman–Crippen LogP) is 1.97. The summed E-state index contributed by atoms with van der Waals surface area (Å²) in [5.41, 5.74) is 1.39. The molecule has 3 heterocycles. The van der Waals surface area contributed by atoms with E-state index in [0.717, 1.165) is 69.9 Å². The number of benzene rings is 1. The van der Waals surface area contributed by atoms with Crippen LogP contribution in [0.2, 0.25) is 0 Å². The van der Waals surface area contributed by atoms with Crippen molar-refractivity contribution in [2.24, 2.45) is 11.3 Å². The average molecular weight is 372 g/mol. The maximum atomic E-state index is 12.9. The molecule has 1 saturated carbocycles. The third-order valence-corrected chi connectivity index (χ3v) is 7.14. The SMILES string of the molecule is O=C(NCC1(c2ccc3c(c2)OCO3)CCOCC1)C1CC12CCNCC2. The lowest BCUT2D eigenvalue weighted by atomic mass is 9.74. The number of amides is 1. The van der Waals surface area contributed by atoms with E-state index in [1.54, 1.807) is 0 Å². The van der Waals surface area contributed by atoms with E-state index < -0.39 is 0 Å². The Morgan fingerprint density at radius 2 is 1.89 bits per heavy atom. The van der Waals surface area contributed by atoms with E-state index in [0.29, 0.717) is 6.54 Å². The van der Waals surface area contributed by atoms with Crippen LogP contribution in [0.3, 0.4) is 0 Å². The highest BCUT2D eigenvalue weighted by atomic mass is 16.7. The fraction of sp³-hybridized carbons (Fsp3) is 0.667. The highest BCUT2D eigenvalue weighted by molar-refractivity contribution is 5.82. The molecular weight excluding hydrogens is 344 g/mol. The highest BCUT2D eigenvalue weighted by Crippen LogP contribution is 2.58. The van der Waals surface area contributed by atoms with Crippen LogP contribution in [0.1, 0.15) is 37.7 Å². The molecule has 146 valence electrons. The summed E-state index contributed by atoms with van der Waals surface area (Å²) in [6, 6.07) is 6.20. The molecule has 1 amide bonds. The zero-order valence-electron chi connectivity index (χ0n) is 15.7. The van der Waals surface area contributed by atoms with Crippen molar-refractivity contribution in [3.63, 3.8) is 0 Å². The minimum atomic E-state index is -0.0922. The number of carbonyl (C=O) groups excluding carboxylic acids is 1. The number of ether oxygens (including phenoxy) is 3. The number of rotatable bonds is 4. The fourth-order valence-corrected chi connectivity index (χ4v) is 5.13. The topological polar surface area (TPSA) is 68.8 Å². The smallest absolute Gasteiger partial charge is 0.231 e. The fourth-order valence-electron chi connectivity index (χ4n) is 5.13. The third-order valence-electron chi connectivity index (χ3n) is 7.14. The van der Waals surface area contributed by atoms with Gasteiger partial charge in [0.25, 0.3) is 0 Å². The van der Waals surface area contributed by atoms with Crippen molar-refractivity contribution in [1.29, 1.82) is 0 Å². The van der Waals surface area contributed by atoms with E-state index in [1.807, 2.05) is 6.07 Å². The van der Waals surface area contributed by atoms with Crippen LogP contribution in [0.15, 0.2) is 18.2 Å². The van der Waals surface area contributed by atoms with Crippen molar-refractivity contribution >= 4 is 5.91 Å². The number of piperidine rings is 1. The number of hydrogen-bond acceptors (Lipinski definition) is 5. The van der Waals surface area contributed by atoms with Crippen molar-refractivity contribution in [2.45, 2.75) is 37.5 Å². The molecule has 4 aliphatic rings. The van der Waals surface area contributed by atoms with Gasteiger partial charge in [-0.15, -0.1) is 0 Å². The van der Waals surface area contributed by atoms with Crippen LogP contribution in [0.5, 0.6) is 11.5 Å². The molecule has 0 aromatic heterocycles. The minimum absolute atomic E-state index is 0.0922. The van der Waals surface area contributed by atoms with Crippen LogP contribution < -0.4 is 20.1 Å². The third kappa shape index (κ3) is 3.09. The van der Waals surface area contributed by atoms with Gasteiger partial charge in [0.2, 0.25) is 12.7 Å². The molecule has 6 heteroatoms. The van der Waals surface area contributed by atoms with E-state index in [1.165, 1.54) is 5.56 Å². The predicted molar refractivity (Wildman–Crippen MR) is 99.9 cm³/mol. The first-order valence-corrected chi connectivity index (χ1v) is 10.2. The molecule has 1 aliphatic carbocycles. The minimum Gasteiger partial charge on any atom is -0.454 e. The van der Waals surface area contributed by atoms with Gasteiger partial charge >= 0.3 is 0 Å². The molecule has 0 bridgehead atoms. The van der Waals surface area contributed by atoms with Crippen molar-refractivity contribution in [3.8, 4) is 11.5 Å². The van der Waals surface area contributed by atoms with Crippen molar-refractivity contribution in [1.82, 2.24) is 10.6 Å². The number of nitrogens with one attached hydrogen (secondary N) is 2. The van der Waals surface area contributed by atoms with Crippen LogP contribution in [-0.2, 0) is 14.9 Å². The Labute approximate surface area is 159 Å². The zero-order chi connectivity index (χ0) is 18.3. The second kappa shape index (κ2) is 6.67. The van der Waals surface area contributed by atoms with E-state index in [2.05, 4.69) is 22.8 Å². The van der Waals surface area contributed by atoms with Gasteiger partial charge in [-0.2, -0.15) is 0 Å². The summed E-state index contributed by atoms with van der Waals surface area (Å²) in [6.45, 7) is 4.49. The Kier molecular flexibility index (Phi) is 4.28. The zero-order valence-corrected chi connectivity index (χ0v) is 15.7. The standard InChI is InChI=1S/C21H28N2O4/c24-19(16-12-20(16)3-7-22-8-4-20)23-13-21(5-9-25-10-6-21)15-1-2-17-18(11-15)27-14-26-17/h1-2,11,16,22H,3-10,12-14H2,(H,23,24). The molecule has 1 aromatic rings. The van der Waals surface area contributed by atoms with Gasteiger partial charge in [-0.1, -0.05) is 6.07 Å². The Morgan fingerprint density at radius 3 is 2.70 bits per heavy atom. The van der Waals surface area contributed by atoms with Gasteiger partial charge in [0.05, 0.1) is 0 Å². The average Bonchev–Trinajstić information content (AvgIpc) is 3.19. The summed E-state index contributed by atoms with van der Waals surface area (Å²) in [7, 11) is 0. The maximum absolute atomic E-state index is 12.9. The molecule has 6 nitrogen and oxygen atoms in total. The van der Waals surface area contributed by atoms with Crippen molar-refractivity contribution in [2.75, 3.05) is 39.6 Å². The normalized spacial score (nSPS) is 27.3. The van der Waals surface area contributed by atoms with Crippen LogP contribution in [0.25, 0.3) is 0 Å². The van der Waals surface area contributed by atoms with Gasteiger partial charge in [-0.25, -0.2) is 0 Å². The molecule has 0 radical (unpaired) electrons. The Morgan fingerprint density at radius 1 is 1.11 bits per heavy atom. The Bertz CT molecular complexity index is 723. The Hall–Kier alpha value is -1.79. The van der Waals surface area contributed by atoms with Crippen LogP contribution in [0, 0.1) is 11.3 Å². The van der Waals surface area contributed by atoms with Crippen LogP contribution >= 0.6 is 0 Å².